The Bertz CT molecular complexity index is 417. The summed E-state index contributed by atoms with van der Waals surface area (Å²) in [6.45, 7) is 0. The van der Waals surface area contributed by atoms with Crippen LogP contribution in [0.4, 0.5) is 0 Å². The van der Waals surface area contributed by atoms with E-state index < -0.39 is 0 Å². The minimum atomic E-state index is 0.580. The summed E-state index contributed by atoms with van der Waals surface area (Å²) in [5, 5.41) is 0.817. The molecule has 4 atom stereocenters. The van der Waals surface area contributed by atoms with Crippen LogP contribution >= 0.6 is 23.2 Å². The fraction of sp³-hybridized carbons (Fsp3) is 0.600. The number of hydrogen-bond donors (Lipinski definition) is 0. The third-order valence-corrected chi connectivity index (χ3v) is 5.52. The first-order valence-corrected chi connectivity index (χ1v) is 7.65. The van der Waals surface area contributed by atoms with Gasteiger partial charge in [0.25, 0.3) is 0 Å². The summed E-state index contributed by atoms with van der Waals surface area (Å²) in [7, 11) is 2.26. The lowest BCUT2D eigenvalue weighted by Crippen LogP contribution is -2.46. The van der Waals surface area contributed by atoms with Crippen molar-refractivity contribution in [3.05, 3.63) is 34.9 Å². The molecule has 0 radical (unpaired) electrons. The molecule has 2 fully saturated rings. The van der Waals surface area contributed by atoms with Crippen molar-refractivity contribution in [2.75, 3.05) is 12.9 Å². The second kappa shape index (κ2) is 5.03. The molecule has 4 unspecified atom stereocenters. The molecular formula is C15H19Cl2N. The van der Waals surface area contributed by atoms with Gasteiger partial charge in [0, 0.05) is 23.0 Å². The molecule has 3 rings (SSSR count). The van der Waals surface area contributed by atoms with E-state index in [1.54, 1.807) is 0 Å². The van der Waals surface area contributed by atoms with Crippen LogP contribution in [-0.2, 0) is 0 Å². The lowest BCUT2D eigenvalue weighted by molar-refractivity contribution is 0.111. The molecule has 1 nitrogen and oxygen atoms in total. The molecule has 0 aromatic heterocycles. The first-order chi connectivity index (χ1) is 8.70. The molecule has 0 spiro atoms. The van der Waals surface area contributed by atoms with Crippen molar-refractivity contribution >= 4 is 23.2 Å². The predicted octanol–water partition coefficient (Wildman–Crippen LogP) is 4.15. The van der Waals surface area contributed by atoms with Crippen molar-refractivity contribution in [1.82, 2.24) is 4.90 Å². The van der Waals surface area contributed by atoms with Crippen molar-refractivity contribution in [3.63, 3.8) is 0 Å². The van der Waals surface area contributed by atoms with E-state index in [-0.39, 0.29) is 0 Å². The van der Waals surface area contributed by atoms with Gasteiger partial charge >= 0.3 is 0 Å². The Kier molecular flexibility index (Phi) is 3.57. The fourth-order valence-electron chi connectivity index (χ4n) is 3.88. The molecule has 2 bridgehead atoms. The van der Waals surface area contributed by atoms with Gasteiger partial charge in [0.1, 0.15) is 0 Å². The topological polar surface area (TPSA) is 3.24 Å². The lowest BCUT2D eigenvalue weighted by Gasteiger charge is -2.42. The predicted molar refractivity (Wildman–Crippen MR) is 77.6 cm³/mol. The first kappa shape index (κ1) is 12.8. The fourth-order valence-corrected chi connectivity index (χ4v) is 4.43. The Labute approximate surface area is 119 Å². The zero-order chi connectivity index (χ0) is 12.7. The average molecular weight is 284 g/mol. The number of benzene rings is 1. The van der Waals surface area contributed by atoms with Gasteiger partial charge in [-0.1, -0.05) is 23.7 Å². The van der Waals surface area contributed by atoms with Gasteiger partial charge in [-0.25, -0.2) is 0 Å². The Morgan fingerprint density at radius 3 is 2.61 bits per heavy atom. The molecule has 3 heteroatoms. The van der Waals surface area contributed by atoms with E-state index in [1.165, 1.54) is 24.8 Å². The van der Waals surface area contributed by atoms with Crippen molar-refractivity contribution in [2.24, 2.45) is 5.92 Å². The highest BCUT2D eigenvalue weighted by Gasteiger charge is 2.45. The summed E-state index contributed by atoms with van der Waals surface area (Å²) < 4.78 is 0. The van der Waals surface area contributed by atoms with E-state index in [1.807, 2.05) is 12.1 Å². The first-order valence-electron chi connectivity index (χ1n) is 6.74. The summed E-state index contributed by atoms with van der Waals surface area (Å²) in [6, 6.07) is 9.77. The number of halogens is 2. The monoisotopic (exact) mass is 283 g/mol. The van der Waals surface area contributed by atoms with Crippen LogP contribution in [0.3, 0.4) is 0 Å². The molecule has 2 heterocycles. The van der Waals surface area contributed by atoms with Gasteiger partial charge in [-0.05, 0) is 55.8 Å². The van der Waals surface area contributed by atoms with Crippen LogP contribution < -0.4 is 0 Å². The standard InChI is InChI=1S/C15H19Cl2N/c1-18-12-6-7-15(18)14(9-16)13(8-12)10-2-4-11(17)5-3-10/h2-5,12-15H,6-9H2,1H3. The van der Waals surface area contributed by atoms with E-state index in [0.29, 0.717) is 17.9 Å². The smallest absolute Gasteiger partial charge is 0.0406 e. The SMILES string of the molecule is CN1C2CCC1C(CCl)C(c1ccc(Cl)cc1)C2. The van der Waals surface area contributed by atoms with Crippen LogP contribution in [0.2, 0.25) is 5.02 Å². The maximum Gasteiger partial charge on any atom is 0.0406 e. The molecule has 0 aliphatic carbocycles. The Morgan fingerprint density at radius 1 is 1.22 bits per heavy atom. The number of piperidine rings is 1. The van der Waals surface area contributed by atoms with E-state index >= 15 is 0 Å². The van der Waals surface area contributed by atoms with Gasteiger partial charge in [-0.3, -0.25) is 0 Å². The number of fused-ring (bicyclic) bond motifs is 2. The summed E-state index contributed by atoms with van der Waals surface area (Å²) >= 11 is 12.2. The maximum atomic E-state index is 6.26. The highest BCUT2D eigenvalue weighted by molar-refractivity contribution is 6.30. The van der Waals surface area contributed by atoms with E-state index in [9.17, 15) is 0 Å². The minimum absolute atomic E-state index is 0.580. The van der Waals surface area contributed by atoms with Gasteiger partial charge in [0.05, 0.1) is 0 Å². The minimum Gasteiger partial charge on any atom is -0.300 e. The third kappa shape index (κ3) is 2.07. The summed E-state index contributed by atoms with van der Waals surface area (Å²) in [6.07, 6.45) is 3.88. The summed E-state index contributed by atoms with van der Waals surface area (Å²) in [4.78, 5) is 2.56. The second-order valence-electron chi connectivity index (χ2n) is 5.68. The van der Waals surface area contributed by atoms with E-state index in [2.05, 4.69) is 24.1 Å². The normalized spacial score (nSPS) is 35.9. The van der Waals surface area contributed by atoms with Crippen molar-refractivity contribution in [2.45, 2.75) is 37.3 Å². The molecule has 1 aromatic carbocycles. The summed E-state index contributed by atoms with van der Waals surface area (Å²) in [5.41, 5.74) is 1.41. The highest BCUT2D eigenvalue weighted by Crippen LogP contribution is 2.46. The number of rotatable bonds is 2. The molecule has 2 aliphatic heterocycles. The van der Waals surface area contributed by atoms with Crippen LogP contribution in [0.25, 0.3) is 0 Å². The van der Waals surface area contributed by atoms with Crippen LogP contribution in [-0.4, -0.2) is 29.9 Å². The molecule has 98 valence electrons. The van der Waals surface area contributed by atoms with Gasteiger partial charge in [0.15, 0.2) is 0 Å². The van der Waals surface area contributed by atoms with Crippen LogP contribution in [0.5, 0.6) is 0 Å². The number of nitrogens with zero attached hydrogens (tertiary/aromatic N) is 1. The van der Waals surface area contributed by atoms with Gasteiger partial charge in [0.2, 0.25) is 0 Å². The second-order valence-corrected chi connectivity index (χ2v) is 6.42. The molecule has 1 aromatic rings. The van der Waals surface area contributed by atoms with Crippen molar-refractivity contribution in [3.8, 4) is 0 Å². The maximum absolute atomic E-state index is 6.26. The molecule has 0 amide bonds. The van der Waals surface area contributed by atoms with Gasteiger partial charge in [-0.2, -0.15) is 0 Å². The highest BCUT2D eigenvalue weighted by atomic mass is 35.5. The lowest BCUT2D eigenvalue weighted by atomic mass is 9.77. The third-order valence-electron chi connectivity index (χ3n) is 4.91. The average Bonchev–Trinajstić information content (AvgIpc) is 2.63. The zero-order valence-corrected chi connectivity index (χ0v) is 12.2. The number of alkyl halides is 1. The van der Waals surface area contributed by atoms with Gasteiger partial charge in [-0.15, -0.1) is 11.6 Å². The molecule has 18 heavy (non-hydrogen) atoms. The molecule has 0 saturated carbocycles. The molecule has 0 N–H and O–H groups in total. The van der Waals surface area contributed by atoms with Crippen LogP contribution in [0.1, 0.15) is 30.7 Å². The quantitative estimate of drug-likeness (QED) is 0.738. The Balaban J connectivity index is 1.89. The molecular weight excluding hydrogens is 265 g/mol. The largest absolute Gasteiger partial charge is 0.300 e. The molecule has 2 aliphatic rings. The van der Waals surface area contributed by atoms with E-state index in [0.717, 1.165) is 16.9 Å². The zero-order valence-electron chi connectivity index (χ0n) is 10.7. The molecule has 2 saturated heterocycles. The summed E-state index contributed by atoms with van der Waals surface area (Å²) in [5.74, 6) is 1.94. The van der Waals surface area contributed by atoms with Gasteiger partial charge < -0.3 is 4.90 Å². The van der Waals surface area contributed by atoms with Crippen molar-refractivity contribution < 1.29 is 0 Å². The van der Waals surface area contributed by atoms with E-state index in [4.69, 9.17) is 23.2 Å². The van der Waals surface area contributed by atoms with Crippen LogP contribution in [0, 0.1) is 5.92 Å². The Hall–Kier alpha value is -0.240. The van der Waals surface area contributed by atoms with Crippen LogP contribution in [0.15, 0.2) is 24.3 Å². The number of hydrogen-bond acceptors (Lipinski definition) is 1. The Morgan fingerprint density at radius 2 is 1.94 bits per heavy atom. The van der Waals surface area contributed by atoms with Crippen molar-refractivity contribution in [1.29, 1.82) is 0 Å².